The number of fused-ring (bicyclic) bond motifs is 2. The summed E-state index contributed by atoms with van der Waals surface area (Å²) in [5, 5.41) is 10.1. The molecule has 0 fully saturated rings. The van der Waals surface area contributed by atoms with Gasteiger partial charge in [0.05, 0.1) is 12.1 Å². The van der Waals surface area contributed by atoms with E-state index in [9.17, 15) is 9.59 Å². The highest BCUT2D eigenvalue weighted by molar-refractivity contribution is 8.76. The molecule has 0 radical (unpaired) electrons. The van der Waals surface area contributed by atoms with Crippen molar-refractivity contribution in [1.29, 1.82) is 0 Å². The van der Waals surface area contributed by atoms with Gasteiger partial charge in [0.25, 0.3) is 0 Å². The van der Waals surface area contributed by atoms with E-state index >= 15 is 0 Å². The lowest BCUT2D eigenvalue weighted by atomic mass is 10.1. The van der Waals surface area contributed by atoms with Crippen LogP contribution in [-0.2, 0) is 9.59 Å². The zero-order valence-corrected chi connectivity index (χ0v) is 20.1. The number of benzene rings is 4. The van der Waals surface area contributed by atoms with Crippen LogP contribution in [0.5, 0.6) is 0 Å². The lowest BCUT2D eigenvalue weighted by Gasteiger charge is -2.14. The molecule has 4 aromatic carbocycles. The maximum Gasteiger partial charge on any atom is 0.242 e. The first-order chi connectivity index (χ1) is 16.5. The Kier molecular flexibility index (Phi) is 8.08. The molecular weight excluding hydrogens is 464 g/mol. The fourth-order valence-electron chi connectivity index (χ4n) is 3.40. The second kappa shape index (κ2) is 11.4. The van der Waals surface area contributed by atoms with Crippen LogP contribution in [0.3, 0.4) is 0 Å². The van der Waals surface area contributed by atoms with Crippen molar-refractivity contribution in [1.82, 2.24) is 0 Å². The molecule has 2 amide bonds. The summed E-state index contributed by atoms with van der Waals surface area (Å²) in [6, 6.07) is 26.1. The zero-order valence-electron chi connectivity index (χ0n) is 18.4. The topological polar surface area (TPSA) is 110 Å². The minimum atomic E-state index is -0.674. The summed E-state index contributed by atoms with van der Waals surface area (Å²) in [5.74, 6) is 0.315. The van der Waals surface area contributed by atoms with E-state index in [1.54, 1.807) is 0 Å². The molecule has 4 aromatic rings. The van der Waals surface area contributed by atoms with Gasteiger partial charge in [-0.15, -0.1) is 0 Å². The van der Waals surface area contributed by atoms with Gasteiger partial charge in [-0.05, 0) is 45.8 Å². The van der Waals surface area contributed by atoms with Crippen LogP contribution in [0.25, 0.3) is 21.5 Å². The van der Waals surface area contributed by atoms with Crippen LogP contribution in [0, 0.1) is 0 Å². The minimum Gasteiger partial charge on any atom is -0.325 e. The average molecular weight is 491 g/mol. The highest BCUT2D eigenvalue weighted by Crippen LogP contribution is 2.24. The van der Waals surface area contributed by atoms with Crippen LogP contribution in [-0.4, -0.2) is 35.4 Å². The monoisotopic (exact) mass is 490 g/mol. The SMILES string of the molecule is N[C@@H](CSSC[C@H](N)C(=O)Nc1ccc2ccccc2c1)C(=O)Nc1ccc2ccccc2c1. The average Bonchev–Trinajstić information content (AvgIpc) is 2.86. The molecule has 4 rings (SSSR count). The van der Waals surface area contributed by atoms with Crippen molar-refractivity contribution in [3.8, 4) is 0 Å². The largest absolute Gasteiger partial charge is 0.325 e. The summed E-state index contributed by atoms with van der Waals surface area (Å²) in [5.41, 5.74) is 13.5. The molecule has 174 valence electrons. The van der Waals surface area contributed by atoms with Gasteiger partial charge in [-0.25, -0.2) is 0 Å². The van der Waals surface area contributed by atoms with Gasteiger partial charge < -0.3 is 22.1 Å². The van der Waals surface area contributed by atoms with E-state index in [2.05, 4.69) is 10.6 Å². The van der Waals surface area contributed by atoms with Gasteiger partial charge in [0.15, 0.2) is 0 Å². The summed E-state index contributed by atoms with van der Waals surface area (Å²) >= 11 is 0. The second-order valence-electron chi connectivity index (χ2n) is 7.88. The van der Waals surface area contributed by atoms with Crippen LogP contribution in [0.15, 0.2) is 84.9 Å². The molecular formula is C26H26N4O2S2. The lowest BCUT2D eigenvalue weighted by molar-refractivity contribution is -0.117. The van der Waals surface area contributed by atoms with E-state index in [0.717, 1.165) is 21.5 Å². The van der Waals surface area contributed by atoms with E-state index < -0.39 is 12.1 Å². The Morgan fingerprint density at radius 2 is 1.00 bits per heavy atom. The summed E-state index contributed by atoms with van der Waals surface area (Å²) in [6.07, 6.45) is 0. The normalized spacial score (nSPS) is 12.9. The molecule has 0 bridgehead atoms. The van der Waals surface area contributed by atoms with Crippen molar-refractivity contribution >= 4 is 66.3 Å². The molecule has 6 N–H and O–H groups in total. The van der Waals surface area contributed by atoms with Crippen molar-refractivity contribution in [2.45, 2.75) is 12.1 Å². The van der Waals surface area contributed by atoms with Gasteiger partial charge >= 0.3 is 0 Å². The highest BCUT2D eigenvalue weighted by atomic mass is 33.1. The van der Waals surface area contributed by atoms with E-state index in [4.69, 9.17) is 11.5 Å². The van der Waals surface area contributed by atoms with Crippen LogP contribution in [0.1, 0.15) is 0 Å². The van der Waals surface area contributed by atoms with E-state index in [-0.39, 0.29) is 11.8 Å². The first kappa shape index (κ1) is 24.1. The molecule has 0 spiro atoms. The molecule has 2 atom stereocenters. The van der Waals surface area contributed by atoms with Crippen molar-refractivity contribution in [2.24, 2.45) is 11.5 Å². The third-order valence-electron chi connectivity index (χ3n) is 5.29. The van der Waals surface area contributed by atoms with Crippen LogP contribution >= 0.6 is 21.6 Å². The third kappa shape index (κ3) is 6.30. The molecule has 0 saturated heterocycles. The molecule has 6 nitrogen and oxygen atoms in total. The number of amides is 2. The van der Waals surface area contributed by atoms with Gasteiger partial charge in [0, 0.05) is 22.9 Å². The van der Waals surface area contributed by atoms with E-state index in [0.29, 0.717) is 22.9 Å². The number of hydrogen-bond donors (Lipinski definition) is 4. The van der Waals surface area contributed by atoms with Crippen molar-refractivity contribution < 1.29 is 9.59 Å². The first-order valence-electron chi connectivity index (χ1n) is 10.8. The van der Waals surface area contributed by atoms with Gasteiger partial charge in [-0.3, -0.25) is 9.59 Å². The maximum absolute atomic E-state index is 12.4. The molecule has 34 heavy (non-hydrogen) atoms. The molecule has 8 heteroatoms. The Hall–Kier alpha value is -3.04. The third-order valence-corrected chi connectivity index (χ3v) is 7.76. The molecule has 0 heterocycles. The molecule has 0 aromatic heterocycles. The predicted molar refractivity (Wildman–Crippen MR) is 146 cm³/mol. The fourth-order valence-corrected chi connectivity index (χ4v) is 5.64. The number of nitrogens with two attached hydrogens (primary N) is 2. The highest BCUT2D eigenvalue weighted by Gasteiger charge is 2.17. The Balaban J connectivity index is 1.19. The van der Waals surface area contributed by atoms with E-state index in [1.165, 1.54) is 21.6 Å². The quantitative estimate of drug-likeness (QED) is 0.202. The second-order valence-corrected chi connectivity index (χ2v) is 10.4. The number of nitrogens with one attached hydrogen (secondary N) is 2. The fraction of sp³-hybridized carbons (Fsp3) is 0.154. The Labute approximate surface area is 206 Å². The minimum absolute atomic E-state index is 0.248. The van der Waals surface area contributed by atoms with Gasteiger partial charge in [0.1, 0.15) is 0 Å². The molecule has 0 saturated carbocycles. The van der Waals surface area contributed by atoms with Gasteiger partial charge in [0.2, 0.25) is 11.8 Å². The first-order valence-corrected chi connectivity index (χ1v) is 13.3. The summed E-state index contributed by atoms with van der Waals surface area (Å²) in [6.45, 7) is 0. The van der Waals surface area contributed by atoms with Crippen molar-refractivity contribution in [2.75, 3.05) is 22.1 Å². The summed E-state index contributed by atoms with van der Waals surface area (Å²) in [4.78, 5) is 24.9. The number of hydrogen-bond acceptors (Lipinski definition) is 6. The summed E-state index contributed by atoms with van der Waals surface area (Å²) < 4.78 is 0. The standard InChI is InChI=1S/C26H26N4O2S2/c27-23(25(31)29-21-11-9-17-5-1-3-7-19(17)13-21)15-33-34-16-24(28)26(32)30-22-12-10-18-6-2-4-8-20(18)14-22/h1-14,23-24H,15-16,27-28H2,(H,29,31)(H,30,32)/t23-,24-/m0/s1. The van der Waals surface area contributed by atoms with Gasteiger partial charge in [-0.2, -0.15) is 0 Å². The predicted octanol–water partition coefficient (Wildman–Crippen LogP) is 4.61. The number of anilines is 2. The Bertz CT molecular complexity index is 1210. The maximum atomic E-state index is 12.4. The van der Waals surface area contributed by atoms with Crippen LogP contribution in [0.2, 0.25) is 0 Å². The molecule has 0 unspecified atom stereocenters. The van der Waals surface area contributed by atoms with Crippen LogP contribution in [0.4, 0.5) is 11.4 Å². The number of carbonyl (C=O) groups is 2. The smallest absolute Gasteiger partial charge is 0.242 e. The Morgan fingerprint density at radius 3 is 1.41 bits per heavy atom. The van der Waals surface area contributed by atoms with E-state index in [1.807, 2.05) is 84.9 Å². The van der Waals surface area contributed by atoms with Crippen LogP contribution < -0.4 is 22.1 Å². The molecule has 0 aliphatic rings. The van der Waals surface area contributed by atoms with Crippen molar-refractivity contribution in [3.63, 3.8) is 0 Å². The summed E-state index contributed by atoms with van der Waals surface area (Å²) in [7, 11) is 2.86. The van der Waals surface area contributed by atoms with Gasteiger partial charge in [-0.1, -0.05) is 82.3 Å². The number of rotatable bonds is 9. The number of carbonyl (C=O) groups excluding carboxylic acids is 2. The zero-order chi connectivity index (χ0) is 23.9. The molecule has 0 aliphatic carbocycles. The molecule has 0 aliphatic heterocycles. The van der Waals surface area contributed by atoms with Crippen molar-refractivity contribution in [3.05, 3.63) is 84.9 Å². The lowest BCUT2D eigenvalue weighted by Crippen LogP contribution is -2.38. The Morgan fingerprint density at radius 1 is 0.618 bits per heavy atom.